The minimum absolute atomic E-state index is 0. The molecule has 0 unspecified atom stereocenters. The fourth-order valence-electron chi connectivity index (χ4n) is 4.80. The summed E-state index contributed by atoms with van der Waals surface area (Å²) in [4.78, 5) is 18.7. The number of nitrogens with one attached hydrogen (secondary N) is 3. The zero-order valence-electron chi connectivity index (χ0n) is 18.4. The Hall–Kier alpha value is -2.21. The predicted octanol–water partition coefficient (Wildman–Crippen LogP) is 5.96. The first-order chi connectivity index (χ1) is 15.1. The molecule has 3 N–H and O–H groups in total. The van der Waals surface area contributed by atoms with Crippen LogP contribution in [0, 0.1) is 0 Å². The average molecular weight is 473 g/mol. The molecule has 3 heterocycles. The third kappa shape index (κ3) is 4.34. The molecule has 3 aromatic rings. The highest BCUT2D eigenvalue weighted by atomic mass is 35.5. The number of hydrogen-bond acceptors (Lipinski definition) is 3. The summed E-state index contributed by atoms with van der Waals surface area (Å²) in [6.07, 6.45) is 4.96. The maximum absolute atomic E-state index is 12.6. The van der Waals surface area contributed by atoms with Crippen molar-refractivity contribution in [2.24, 2.45) is 0 Å². The number of aromatic amines is 1. The smallest absolute Gasteiger partial charge is 0.252 e. The summed E-state index contributed by atoms with van der Waals surface area (Å²) in [6, 6.07) is 10.8. The maximum Gasteiger partial charge on any atom is 0.252 e. The number of carbonyl (C=O) groups is 1. The highest BCUT2D eigenvalue weighted by molar-refractivity contribution is 6.35. The second kappa shape index (κ2) is 9.74. The van der Waals surface area contributed by atoms with E-state index in [1.54, 1.807) is 0 Å². The lowest BCUT2D eigenvalue weighted by Crippen LogP contribution is -2.28. The van der Waals surface area contributed by atoms with E-state index in [2.05, 4.69) is 51.7 Å². The number of piperidine rings is 1. The van der Waals surface area contributed by atoms with E-state index in [1.807, 2.05) is 6.07 Å². The topological polar surface area (TPSA) is 60.2 Å². The van der Waals surface area contributed by atoms with Crippen LogP contribution in [-0.2, 0) is 13.1 Å². The van der Waals surface area contributed by atoms with Gasteiger partial charge >= 0.3 is 0 Å². The molecule has 0 radical (unpaired) electrons. The number of amides is 1. The van der Waals surface area contributed by atoms with Crippen molar-refractivity contribution in [3.05, 3.63) is 52.0 Å². The van der Waals surface area contributed by atoms with Crippen molar-refractivity contribution in [1.29, 1.82) is 0 Å². The number of nitrogens with zero attached hydrogens (tertiary/aromatic N) is 1. The van der Waals surface area contributed by atoms with Crippen LogP contribution in [0.1, 0.15) is 54.1 Å². The standard InChI is InChI=1S/C25H29ClN4O.ClH/c1-2-8-27-22-13-18(23-19(24(22)26)14-28-25(23)31)21-12-17-11-16(6-7-20(17)29-21)15-30-9-4-3-5-10-30;/h6-7,11-13,27,29H,2-5,8-10,14-15H2,1H3,(H,28,31);1H. The van der Waals surface area contributed by atoms with Crippen LogP contribution >= 0.6 is 24.0 Å². The normalized spacial score (nSPS) is 16.0. The van der Waals surface area contributed by atoms with Gasteiger partial charge in [-0.05, 0) is 62.2 Å². The van der Waals surface area contributed by atoms with Gasteiger partial charge in [0.1, 0.15) is 0 Å². The van der Waals surface area contributed by atoms with Crippen LogP contribution in [0.4, 0.5) is 5.69 Å². The Bertz CT molecular complexity index is 1130. The molecule has 5 rings (SSSR count). The van der Waals surface area contributed by atoms with E-state index in [0.717, 1.165) is 47.5 Å². The SMILES string of the molecule is CCCNc1cc(-c2cc3cc(CN4CCCCC4)ccc3[nH]2)c2c(c1Cl)CNC2=O.Cl. The van der Waals surface area contributed by atoms with Crippen molar-refractivity contribution < 1.29 is 4.79 Å². The lowest BCUT2D eigenvalue weighted by molar-refractivity contribution is 0.0966. The summed E-state index contributed by atoms with van der Waals surface area (Å²) >= 11 is 6.64. The van der Waals surface area contributed by atoms with E-state index in [-0.39, 0.29) is 18.3 Å². The van der Waals surface area contributed by atoms with Crippen LogP contribution in [0.15, 0.2) is 30.3 Å². The average Bonchev–Trinajstić information content (AvgIpc) is 3.38. The summed E-state index contributed by atoms with van der Waals surface area (Å²) in [7, 11) is 0. The quantitative estimate of drug-likeness (QED) is 0.414. The van der Waals surface area contributed by atoms with Crippen LogP contribution < -0.4 is 10.6 Å². The van der Waals surface area contributed by atoms with Crippen molar-refractivity contribution >= 4 is 46.5 Å². The number of benzene rings is 2. The van der Waals surface area contributed by atoms with Gasteiger partial charge in [0, 0.05) is 47.4 Å². The van der Waals surface area contributed by atoms with E-state index in [9.17, 15) is 4.79 Å². The molecule has 0 atom stereocenters. The number of aromatic nitrogens is 1. The highest BCUT2D eigenvalue weighted by Gasteiger charge is 2.28. The van der Waals surface area contributed by atoms with Crippen LogP contribution in [0.2, 0.25) is 5.02 Å². The highest BCUT2D eigenvalue weighted by Crippen LogP contribution is 2.39. The van der Waals surface area contributed by atoms with E-state index in [0.29, 0.717) is 17.1 Å². The van der Waals surface area contributed by atoms with Gasteiger partial charge in [-0.2, -0.15) is 0 Å². The van der Waals surface area contributed by atoms with Crippen LogP contribution in [0.25, 0.3) is 22.2 Å². The van der Waals surface area contributed by atoms with Crippen LogP contribution in [0.3, 0.4) is 0 Å². The lowest BCUT2D eigenvalue weighted by atomic mass is 9.99. The lowest BCUT2D eigenvalue weighted by Gasteiger charge is -2.26. The van der Waals surface area contributed by atoms with Gasteiger partial charge in [0.2, 0.25) is 0 Å². The number of rotatable bonds is 6. The molecule has 0 bridgehead atoms. The molecule has 7 heteroatoms. The molecule has 0 spiro atoms. The maximum atomic E-state index is 12.6. The second-order valence-corrected chi connectivity index (χ2v) is 9.07. The molecule has 1 aromatic heterocycles. The minimum Gasteiger partial charge on any atom is -0.384 e. The third-order valence-electron chi connectivity index (χ3n) is 6.41. The Labute approximate surface area is 200 Å². The first-order valence-electron chi connectivity index (χ1n) is 11.4. The minimum atomic E-state index is -0.0571. The van der Waals surface area contributed by atoms with Gasteiger partial charge in [0.05, 0.1) is 16.3 Å². The van der Waals surface area contributed by atoms with Gasteiger partial charge in [-0.1, -0.05) is 31.0 Å². The van der Waals surface area contributed by atoms with Gasteiger partial charge in [-0.3, -0.25) is 9.69 Å². The number of H-pyrrole nitrogens is 1. The molecule has 170 valence electrons. The molecule has 2 aromatic carbocycles. The third-order valence-corrected chi connectivity index (χ3v) is 6.84. The fourth-order valence-corrected chi connectivity index (χ4v) is 5.08. The Morgan fingerprint density at radius 3 is 2.72 bits per heavy atom. The molecule has 0 aliphatic carbocycles. The van der Waals surface area contributed by atoms with Crippen LogP contribution in [0.5, 0.6) is 0 Å². The van der Waals surface area contributed by atoms with Gasteiger partial charge in [0.15, 0.2) is 0 Å². The molecule has 1 saturated heterocycles. The fraction of sp³-hybridized carbons (Fsp3) is 0.400. The molecule has 0 saturated carbocycles. The summed E-state index contributed by atoms with van der Waals surface area (Å²) in [5.74, 6) is -0.0571. The van der Waals surface area contributed by atoms with Crippen molar-refractivity contribution in [2.45, 2.75) is 45.7 Å². The van der Waals surface area contributed by atoms with Gasteiger partial charge in [0.25, 0.3) is 5.91 Å². The van der Waals surface area contributed by atoms with Crippen molar-refractivity contribution in [3.63, 3.8) is 0 Å². The molecule has 1 fully saturated rings. The number of carbonyl (C=O) groups excluding carboxylic acids is 1. The Balaban J connectivity index is 0.00000245. The number of anilines is 1. The summed E-state index contributed by atoms with van der Waals surface area (Å²) < 4.78 is 0. The summed E-state index contributed by atoms with van der Waals surface area (Å²) in [6.45, 7) is 6.82. The number of hydrogen-bond donors (Lipinski definition) is 3. The van der Waals surface area contributed by atoms with Gasteiger partial charge < -0.3 is 15.6 Å². The predicted molar refractivity (Wildman–Crippen MR) is 135 cm³/mol. The van der Waals surface area contributed by atoms with Gasteiger partial charge in [-0.15, -0.1) is 12.4 Å². The van der Waals surface area contributed by atoms with Gasteiger partial charge in [-0.25, -0.2) is 0 Å². The van der Waals surface area contributed by atoms with E-state index in [1.165, 1.54) is 43.3 Å². The molecular formula is C25H30Cl2N4O. The second-order valence-electron chi connectivity index (χ2n) is 8.69. The zero-order chi connectivity index (χ0) is 21.4. The monoisotopic (exact) mass is 472 g/mol. The number of fused-ring (bicyclic) bond motifs is 2. The van der Waals surface area contributed by atoms with E-state index in [4.69, 9.17) is 11.6 Å². The first-order valence-corrected chi connectivity index (χ1v) is 11.7. The number of halogens is 2. The molecule has 5 nitrogen and oxygen atoms in total. The molecule has 2 aliphatic heterocycles. The number of likely N-dealkylation sites (tertiary alicyclic amines) is 1. The molecule has 1 amide bonds. The van der Waals surface area contributed by atoms with Crippen molar-refractivity contribution in [2.75, 3.05) is 25.0 Å². The van der Waals surface area contributed by atoms with Crippen LogP contribution in [-0.4, -0.2) is 35.4 Å². The largest absolute Gasteiger partial charge is 0.384 e. The summed E-state index contributed by atoms with van der Waals surface area (Å²) in [5.41, 5.74) is 6.74. The molecule has 2 aliphatic rings. The molecular weight excluding hydrogens is 443 g/mol. The summed E-state index contributed by atoms with van der Waals surface area (Å²) in [5, 5.41) is 8.17. The Kier molecular flexibility index (Phi) is 6.99. The Morgan fingerprint density at radius 2 is 1.94 bits per heavy atom. The zero-order valence-corrected chi connectivity index (χ0v) is 20.0. The van der Waals surface area contributed by atoms with E-state index >= 15 is 0 Å². The first kappa shape index (κ1) is 23.0. The van der Waals surface area contributed by atoms with Crippen molar-refractivity contribution in [1.82, 2.24) is 15.2 Å². The van der Waals surface area contributed by atoms with E-state index < -0.39 is 0 Å². The molecule has 32 heavy (non-hydrogen) atoms. The van der Waals surface area contributed by atoms with Crippen molar-refractivity contribution in [3.8, 4) is 11.3 Å². The Morgan fingerprint density at radius 1 is 1.12 bits per heavy atom.